The van der Waals surface area contributed by atoms with Crippen molar-refractivity contribution in [1.29, 1.82) is 5.26 Å². The van der Waals surface area contributed by atoms with Gasteiger partial charge >= 0.3 is 0 Å². The summed E-state index contributed by atoms with van der Waals surface area (Å²) in [6.45, 7) is 0.579. The summed E-state index contributed by atoms with van der Waals surface area (Å²) in [4.78, 5) is 12.9. The van der Waals surface area contributed by atoms with Crippen LogP contribution < -0.4 is 9.47 Å². The van der Waals surface area contributed by atoms with Gasteiger partial charge in [-0.05, 0) is 53.5 Å². The Morgan fingerprint density at radius 3 is 2.33 bits per heavy atom. The summed E-state index contributed by atoms with van der Waals surface area (Å²) in [7, 11) is 3.20. The van der Waals surface area contributed by atoms with Gasteiger partial charge in [0, 0.05) is 23.2 Å². The molecule has 1 unspecified atom stereocenters. The first-order valence-electron chi connectivity index (χ1n) is 11.3. The van der Waals surface area contributed by atoms with Crippen molar-refractivity contribution in [3.8, 4) is 17.6 Å². The molecule has 4 rings (SSSR count). The topological polar surface area (TPSA) is 88.6 Å². The number of allylic oxidation sites excluding steroid dienone is 2. The molecule has 1 heterocycles. The molecular formula is C28H24BrN3O4. The van der Waals surface area contributed by atoms with Crippen molar-refractivity contribution >= 4 is 27.3 Å². The fraction of sp³-hybridized carbons (Fsp3) is 0.179. The van der Waals surface area contributed by atoms with E-state index in [9.17, 15) is 15.4 Å². The predicted octanol–water partition coefficient (Wildman–Crippen LogP) is 6.46. The van der Waals surface area contributed by atoms with Gasteiger partial charge in [0.2, 0.25) is 0 Å². The third-order valence-corrected chi connectivity index (χ3v) is 6.85. The number of halogens is 1. The van der Waals surface area contributed by atoms with Crippen molar-refractivity contribution in [3.05, 3.63) is 116 Å². The van der Waals surface area contributed by atoms with Crippen molar-refractivity contribution in [1.82, 2.24) is 4.90 Å². The Morgan fingerprint density at radius 1 is 1.06 bits per heavy atom. The lowest BCUT2D eigenvalue weighted by Gasteiger charge is -2.37. The summed E-state index contributed by atoms with van der Waals surface area (Å²) in [5.74, 6) is 1.27. The standard InChI is InChI=1S/C28H24BrN3O4/c1-35-26-16-21(24(29)17-27(26)36-2)14-15-31-25(19-8-11-23(12-9-19)32(33)34)13-10-22(18-30)28(31)20-6-4-3-5-7-20/h3-13,16-17,25H,14-15H2,1-2H3. The highest BCUT2D eigenvalue weighted by Crippen LogP contribution is 2.39. The van der Waals surface area contributed by atoms with Crippen LogP contribution in [0.5, 0.6) is 11.5 Å². The molecule has 8 heteroatoms. The maximum absolute atomic E-state index is 11.2. The van der Waals surface area contributed by atoms with Crippen LogP contribution in [0.1, 0.15) is 22.7 Å². The second-order valence-corrected chi connectivity index (χ2v) is 8.99. The highest BCUT2D eigenvalue weighted by molar-refractivity contribution is 9.10. The fourth-order valence-electron chi connectivity index (χ4n) is 4.34. The van der Waals surface area contributed by atoms with Crippen molar-refractivity contribution in [2.75, 3.05) is 20.8 Å². The number of nitriles is 1. The lowest BCUT2D eigenvalue weighted by molar-refractivity contribution is -0.384. The van der Waals surface area contributed by atoms with Crippen molar-refractivity contribution in [2.45, 2.75) is 12.5 Å². The van der Waals surface area contributed by atoms with Gasteiger partial charge in [-0.25, -0.2) is 0 Å². The molecule has 182 valence electrons. The van der Waals surface area contributed by atoms with E-state index in [4.69, 9.17) is 9.47 Å². The monoisotopic (exact) mass is 545 g/mol. The molecule has 0 N–H and O–H groups in total. The lowest BCUT2D eigenvalue weighted by atomic mass is 9.94. The second kappa shape index (κ2) is 11.1. The second-order valence-electron chi connectivity index (χ2n) is 8.13. The van der Waals surface area contributed by atoms with Crippen LogP contribution in [0.2, 0.25) is 0 Å². The smallest absolute Gasteiger partial charge is 0.269 e. The van der Waals surface area contributed by atoms with Gasteiger partial charge in [0.1, 0.15) is 6.07 Å². The summed E-state index contributed by atoms with van der Waals surface area (Å²) >= 11 is 3.65. The zero-order valence-corrected chi connectivity index (χ0v) is 21.4. The van der Waals surface area contributed by atoms with Gasteiger partial charge < -0.3 is 14.4 Å². The number of ether oxygens (including phenoxy) is 2. The molecule has 0 saturated heterocycles. The van der Waals surface area contributed by atoms with Crippen LogP contribution in [0, 0.1) is 21.4 Å². The van der Waals surface area contributed by atoms with Gasteiger partial charge in [-0.15, -0.1) is 0 Å². The first kappa shape index (κ1) is 25.0. The molecule has 1 aliphatic rings. The number of nitro groups is 1. The van der Waals surface area contributed by atoms with E-state index in [0.717, 1.165) is 26.9 Å². The van der Waals surface area contributed by atoms with Crippen LogP contribution in [-0.2, 0) is 6.42 Å². The number of methoxy groups -OCH3 is 2. The highest BCUT2D eigenvalue weighted by atomic mass is 79.9. The van der Waals surface area contributed by atoms with E-state index in [1.54, 1.807) is 26.4 Å². The molecular weight excluding hydrogens is 522 g/mol. The Kier molecular flexibility index (Phi) is 7.71. The zero-order valence-electron chi connectivity index (χ0n) is 19.8. The first-order valence-corrected chi connectivity index (χ1v) is 12.1. The van der Waals surface area contributed by atoms with E-state index >= 15 is 0 Å². The molecule has 3 aromatic rings. The molecule has 1 atom stereocenters. The summed E-state index contributed by atoms with van der Waals surface area (Å²) in [6, 6.07) is 22.3. The first-order chi connectivity index (χ1) is 17.5. The maximum atomic E-state index is 11.2. The van der Waals surface area contributed by atoms with Crippen LogP contribution in [0.15, 0.2) is 88.9 Å². The molecule has 0 fully saturated rings. The molecule has 7 nitrogen and oxygen atoms in total. The van der Waals surface area contributed by atoms with Gasteiger partial charge in [0.05, 0.1) is 36.5 Å². The molecule has 0 radical (unpaired) electrons. The molecule has 0 spiro atoms. The Hall–Kier alpha value is -4.09. The van der Waals surface area contributed by atoms with Crippen LogP contribution in [-0.4, -0.2) is 30.6 Å². The summed E-state index contributed by atoms with van der Waals surface area (Å²) < 4.78 is 11.8. The van der Waals surface area contributed by atoms with Crippen molar-refractivity contribution in [3.63, 3.8) is 0 Å². The number of rotatable bonds is 8. The third-order valence-electron chi connectivity index (χ3n) is 6.11. The Morgan fingerprint density at radius 2 is 1.72 bits per heavy atom. The van der Waals surface area contributed by atoms with E-state index in [2.05, 4.69) is 26.9 Å². The Bertz CT molecular complexity index is 1360. The van der Waals surface area contributed by atoms with Crippen LogP contribution in [0.3, 0.4) is 0 Å². The molecule has 1 aliphatic heterocycles. The molecule has 0 bridgehead atoms. The quantitative estimate of drug-likeness (QED) is 0.238. The summed E-state index contributed by atoms with van der Waals surface area (Å²) in [6.07, 6.45) is 4.44. The Labute approximate surface area is 218 Å². The van der Waals surface area contributed by atoms with E-state index < -0.39 is 4.92 Å². The van der Waals surface area contributed by atoms with E-state index in [-0.39, 0.29) is 11.7 Å². The fourth-order valence-corrected chi connectivity index (χ4v) is 4.86. The number of nitrogens with zero attached hydrogens (tertiary/aromatic N) is 3. The lowest BCUT2D eigenvalue weighted by Crippen LogP contribution is -2.31. The van der Waals surface area contributed by atoms with E-state index in [1.165, 1.54) is 12.1 Å². The minimum absolute atomic E-state index is 0.0379. The van der Waals surface area contributed by atoms with Crippen LogP contribution >= 0.6 is 15.9 Å². The van der Waals surface area contributed by atoms with Gasteiger partial charge in [-0.1, -0.05) is 52.3 Å². The van der Waals surface area contributed by atoms with E-state index in [0.29, 0.717) is 30.0 Å². The Balaban J connectivity index is 1.76. The molecule has 0 amide bonds. The molecule has 0 aromatic heterocycles. The van der Waals surface area contributed by atoms with Crippen LogP contribution in [0.4, 0.5) is 5.69 Å². The predicted molar refractivity (Wildman–Crippen MR) is 142 cm³/mol. The SMILES string of the molecule is COc1cc(Br)c(CCN2C(c3ccccc3)=C(C#N)C=CC2c2ccc([N+](=O)[O-])cc2)cc1OC. The molecule has 0 saturated carbocycles. The zero-order chi connectivity index (χ0) is 25.7. The van der Waals surface area contributed by atoms with E-state index in [1.807, 2.05) is 54.6 Å². The number of benzene rings is 3. The molecule has 36 heavy (non-hydrogen) atoms. The number of hydrogen-bond acceptors (Lipinski definition) is 6. The highest BCUT2D eigenvalue weighted by Gasteiger charge is 2.28. The molecule has 3 aromatic carbocycles. The molecule has 0 aliphatic carbocycles. The largest absolute Gasteiger partial charge is 0.493 e. The third kappa shape index (κ3) is 5.11. The average molecular weight is 546 g/mol. The number of non-ortho nitro benzene ring substituents is 1. The van der Waals surface area contributed by atoms with Gasteiger partial charge in [-0.2, -0.15) is 5.26 Å². The number of hydrogen-bond donors (Lipinski definition) is 0. The van der Waals surface area contributed by atoms with Gasteiger partial charge in [-0.3, -0.25) is 10.1 Å². The van der Waals surface area contributed by atoms with Crippen molar-refractivity contribution < 1.29 is 14.4 Å². The normalized spacial score (nSPS) is 14.9. The average Bonchev–Trinajstić information content (AvgIpc) is 2.92. The van der Waals surface area contributed by atoms with Crippen molar-refractivity contribution in [2.24, 2.45) is 0 Å². The number of nitro benzene ring substituents is 1. The summed E-state index contributed by atoms with van der Waals surface area (Å²) in [5.41, 5.74) is 4.27. The summed E-state index contributed by atoms with van der Waals surface area (Å²) in [5, 5.41) is 21.1. The maximum Gasteiger partial charge on any atom is 0.269 e. The minimum atomic E-state index is -0.407. The minimum Gasteiger partial charge on any atom is -0.493 e. The van der Waals surface area contributed by atoms with Gasteiger partial charge in [0.25, 0.3) is 5.69 Å². The van der Waals surface area contributed by atoms with Crippen LogP contribution in [0.25, 0.3) is 5.70 Å². The van der Waals surface area contributed by atoms with Gasteiger partial charge in [0.15, 0.2) is 11.5 Å².